The number of carboxylic acid groups (broad SMARTS) is 2. The molecule has 0 unspecified atom stereocenters. The van der Waals surface area contributed by atoms with E-state index in [0.29, 0.717) is 18.5 Å². The number of hydrogen-bond acceptors (Lipinski definition) is 6. The highest BCUT2D eigenvalue weighted by Crippen LogP contribution is 2.22. The molecular weight excluding hydrogens is 492 g/mol. The maximum atomic E-state index is 13.3. The fraction of sp³-hybridized carbons (Fsp3) is 0.444. The normalized spacial score (nSPS) is 14.6. The predicted octanol–water partition coefficient (Wildman–Crippen LogP) is 2.24. The molecule has 1 fully saturated rings. The maximum absolute atomic E-state index is 13.3. The van der Waals surface area contributed by atoms with Gasteiger partial charge >= 0.3 is 12.1 Å². The Morgan fingerprint density at radius 3 is 2.21 bits per heavy atom. The number of rotatable bonds is 10. The number of nitrogens with zero attached hydrogens (tertiary/aromatic N) is 3. The molecule has 0 bridgehead atoms. The first kappa shape index (κ1) is 28.6. The summed E-state index contributed by atoms with van der Waals surface area (Å²) < 4.78 is 0. The van der Waals surface area contributed by atoms with Crippen LogP contribution < -0.4 is 5.32 Å². The Bertz CT molecular complexity index is 1160. The highest BCUT2D eigenvalue weighted by molar-refractivity contribution is 5.97. The second kappa shape index (κ2) is 12.5. The molecule has 1 aliphatic rings. The van der Waals surface area contributed by atoms with Crippen LogP contribution in [0.25, 0.3) is 11.3 Å². The van der Waals surface area contributed by atoms with Gasteiger partial charge in [-0.25, -0.2) is 9.78 Å². The van der Waals surface area contributed by atoms with Crippen LogP contribution in [0, 0.1) is 0 Å². The first-order chi connectivity index (χ1) is 17.9. The van der Waals surface area contributed by atoms with Gasteiger partial charge in [0.15, 0.2) is 0 Å². The Hall–Kier alpha value is -3.99. The highest BCUT2D eigenvalue weighted by atomic mass is 16.4. The predicted molar refractivity (Wildman–Crippen MR) is 139 cm³/mol. The summed E-state index contributed by atoms with van der Waals surface area (Å²) in [7, 11) is 0. The lowest BCUT2D eigenvalue weighted by molar-refractivity contribution is -0.138. The zero-order chi connectivity index (χ0) is 27.9. The van der Waals surface area contributed by atoms with Crippen LogP contribution in [0.5, 0.6) is 0 Å². The van der Waals surface area contributed by atoms with E-state index in [1.165, 1.54) is 9.80 Å². The number of hydrogen-bond donors (Lipinski definition) is 4. The standard InChI is InChI=1S/C27H34N4O7/c1-27(2,38)11-10-18-16-21(19-6-4-3-5-7-19)28-22(17-18)24(34)29-20(8-9-23(32)33)25(35)30-12-14-31(15-13-30)26(36)37/h3-7,16-17,20,38H,8-15H2,1-2H3,(H,29,34)(H,32,33)(H,36,37)/t20-/m0/s1. The van der Waals surface area contributed by atoms with Gasteiger partial charge in [0.1, 0.15) is 11.7 Å². The first-order valence-corrected chi connectivity index (χ1v) is 12.5. The molecule has 0 aliphatic carbocycles. The molecule has 1 aromatic carbocycles. The van der Waals surface area contributed by atoms with Gasteiger partial charge in [0.25, 0.3) is 5.91 Å². The molecule has 0 saturated carbocycles. The second-order valence-corrected chi connectivity index (χ2v) is 9.98. The Labute approximate surface area is 221 Å². The average Bonchev–Trinajstić information content (AvgIpc) is 2.89. The van der Waals surface area contributed by atoms with Gasteiger partial charge in [0.05, 0.1) is 11.3 Å². The number of carbonyl (C=O) groups is 4. The number of carbonyl (C=O) groups excluding carboxylic acids is 2. The summed E-state index contributed by atoms with van der Waals surface area (Å²) >= 11 is 0. The van der Waals surface area contributed by atoms with Crippen molar-refractivity contribution >= 4 is 23.9 Å². The van der Waals surface area contributed by atoms with Crippen molar-refractivity contribution in [2.24, 2.45) is 0 Å². The van der Waals surface area contributed by atoms with Crippen LogP contribution in [0.1, 0.15) is 49.2 Å². The molecule has 0 spiro atoms. The van der Waals surface area contributed by atoms with Gasteiger partial charge in [0.2, 0.25) is 5.91 Å². The van der Waals surface area contributed by atoms with Crippen LogP contribution in [0.3, 0.4) is 0 Å². The molecule has 1 aliphatic heterocycles. The van der Waals surface area contributed by atoms with Crippen molar-refractivity contribution in [2.75, 3.05) is 26.2 Å². The third-order valence-electron chi connectivity index (χ3n) is 6.32. The summed E-state index contributed by atoms with van der Waals surface area (Å²) in [5, 5.41) is 31.2. The number of amides is 3. The van der Waals surface area contributed by atoms with E-state index in [1.807, 2.05) is 36.4 Å². The van der Waals surface area contributed by atoms with Crippen molar-refractivity contribution in [2.45, 2.75) is 51.2 Å². The highest BCUT2D eigenvalue weighted by Gasteiger charge is 2.31. The van der Waals surface area contributed by atoms with Crippen molar-refractivity contribution in [1.82, 2.24) is 20.1 Å². The molecule has 1 saturated heterocycles. The van der Waals surface area contributed by atoms with E-state index in [1.54, 1.807) is 19.9 Å². The molecule has 1 aromatic heterocycles. The molecule has 2 heterocycles. The fourth-order valence-corrected chi connectivity index (χ4v) is 4.15. The zero-order valence-electron chi connectivity index (χ0n) is 21.6. The third-order valence-corrected chi connectivity index (χ3v) is 6.32. The Balaban J connectivity index is 1.84. The monoisotopic (exact) mass is 526 g/mol. The molecule has 11 nitrogen and oxygen atoms in total. The lowest BCUT2D eigenvalue weighted by atomic mass is 9.97. The summed E-state index contributed by atoms with van der Waals surface area (Å²) in [6, 6.07) is 11.6. The van der Waals surface area contributed by atoms with Crippen LogP contribution in [-0.4, -0.2) is 91.8 Å². The fourth-order valence-electron chi connectivity index (χ4n) is 4.15. The number of aliphatic hydroxyl groups is 1. The number of piperazine rings is 1. The van der Waals surface area contributed by atoms with Crippen molar-refractivity contribution in [3.63, 3.8) is 0 Å². The molecule has 3 amide bonds. The first-order valence-electron chi connectivity index (χ1n) is 12.5. The van der Waals surface area contributed by atoms with E-state index >= 15 is 0 Å². The minimum atomic E-state index is -1.11. The molecule has 4 N–H and O–H groups in total. The number of pyridine rings is 1. The minimum Gasteiger partial charge on any atom is -0.481 e. The average molecular weight is 527 g/mol. The molecular formula is C27H34N4O7. The molecule has 2 aromatic rings. The van der Waals surface area contributed by atoms with Crippen LogP contribution in [0.2, 0.25) is 0 Å². The second-order valence-electron chi connectivity index (χ2n) is 9.98. The van der Waals surface area contributed by atoms with E-state index in [2.05, 4.69) is 10.3 Å². The largest absolute Gasteiger partial charge is 0.481 e. The molecule has 1 atom stereocenters. The minimum absolute atomic E-state index is 0.0703. The number of carboxylic acids is 1. The molecule has 0 radical (unpaired) electrons. The SMILES string of the molecule is CC(C)(O)CCc1cc(C(=O)N[C@@H](CCC(=O)O)C(=O)N2CCN(C(=O)O)CC2)nc(-c2ccccc2)c1. The number of nitrogens with one attached hydrogen (secondary N) is 1. The zero-order valence-corrected chi connectivity index (χ0v) is 21.6. The van der Waals surface area contributed by atoms with E-state index in [-0.39, 0.29) is 44.7 Å². The van der Waals surface area contributed by atoms with Crippen molar-refractivity contribution in [1.29, 1.82) is 0 Å². The Kier molecular flexibility index (Phi) is 9.40. The van der Waals surface area contributed by atoms with Crippen molar-refractivity contribution in [3.8, 4) is 11.3 Å². The summed E-state index contributed by atoms with van der Waals surface area (Å²) in [6.45, 7) is 3.96. The van der Waals surface area contributed by atoms with Gasteiger partial charge in [-0.1, -0.05) is 30.3 Å². The number of aliphatic carboxylic acids is 1. The number of aryl methyl sites for hydroxylation is 1. The quantitative estimate of drug-likeness (QED) is 0.367. The van der Waals surface area contributed by atoms with Crippen LogP contribution in [-0.2, 0) is 16.0 Å². The van der Waals surface area contributed by atoms with E-state index in [9.17, 15) is 29.4 Å². The summed E-state index contributed by atoms with van der Waals surface area (Å²) in [5.74, 6) is -2.20. The molecule has 3 rings (SSSR count). The molecule has 204 valence electrons. The maximum Gasteiger partial charge on any atom is 0.407 e. The van der Waals surface area contributed by atoms with Crippen LogP contribution in [0.15, 0.2) is 42.5 Å². The van der Waals surface area contributed by atoms with Crippen molar-refractivity contribution in [3.05, 3.63) is 53.7 Å². The lowest BCUT2D eigenvalue weighted by Gasteiger charge is -2.35. The van der Waals surface area contributed by atoms with Crippen LogP contribution >= 0.6 is 0 Å². The number of aromatic nitrogens is 1. The van der Waals surface area contributed by atoms with Gasteiger partial charge in [-0.3, -0.25) is 14.4 Å². The Morgan fingerprint density at radius 2 is 1.63 bits per heavy atom. The van der Waals surface area contributed by atoms with Gasteiger partial charge in [-0.05, 0) is 50.8 Å². The van der Waals surface area contributed by atoms with Gasteiger partial charge < -0.3 is 30.4 Å². The topological polar surface area (TPSA) is 160 Å². The number of benzene rings is 1. The summed E-state index contributed by atoms with van der Waals surface area (Å²) in [5.41, 5.74) is 1.30. The van der Waals surface area contributed by atoms with Crippen LogP contribution in [0.4, 0.5) is 4.79 Å². The molecule has 38 heavy (non-hydrogen) atoms. The summed E-state index contributed by atoms with van der Waals surface area (Å²) in [4.78, 5) is 56.1. The smallest absolute Gasteiger partial charge is 0.407 e. The summed E-state index contributed by atoms with van der Waals surface area (Å²) in [6.07, 6.45) is -0.587. The lowest BCUT2D eigenvalue weighted by Crippen LogP contribution is -2.55. The third kappa shape index (κ3) is 8.27. The van der Waals surface area contributed by atoms with Gasteiger partial charge in [0, 0.05) is 38.2 Å². The van der Waals surface area contributed by atoms with Crippen molar-refractivity contribution < 1.29 is 34.5 Å². The Morgan fingerprint density at radius 1 is 1.00 bits per heavy atom. The molecule has 11 heteroatoms. The van der Waals surface area contributed by atoms with E-state index in [0.717, 1.165) is 11.1 Å². The van der Waals surface area contributed by atoms with E-state index < -0.39 is 35.5 Å². The van der Waals surface area contributed by atoms with E-state index in [4.69, 9.17) is 5.11 Å². The van der Waals surface area contributed by atoms with Gasteiger partial charge in [-0.15, -0.1) is 0 Å². The van der Waals surface area contributed by atoms with Gasteiger partial charge in [-0.2, -0.15) is 0 Å².